The lowest BCUT2D eigenvalue weighted by atomic mass is 10.2. The summed E-state index contributed by atoms with van der Waals surface area (Å²) in [4.78, 5) is 27.9. The van der Waals surface area contributed by atoms with Gasteiger partial charge in [0, 0.05) is 21.2 Å². The van der Waals surface area contributed by atoms with Crippen molar-refractivity contribution in [2.45, 2.75) is 6.42 Å². The Morgan fingerprint density at radius 3 is 1.48 bits per heavy atom. The van der Waals surface area contributed by atoms with Crippen LogP contribution in [0.5, 0.6) is 0 Å². The Morgan fingerprint density at radius 2 is 1.13 bits per heavy atom. The Hall–Kier alpha value is -1.16. The van der Waals surface area contributed by atoms with Gasteiger partial charge < -0.3 is 9.80 Å². The van der Waals surface area contributed by atoms with Crippen molar-refractivity contribution in [3.8, 4) is 0 Å². The van der Waals surface area contributed by atoms with Crippen molar-refractivity contribution in [3.05, 3.63) is 55.7 Å². The third-order valence-corrected chi connectivity index (χ3v) is 5.30. The standard InChI is InChI=1S/C17H16I2N2O2/c1-20(14-9-5-3-7-12(14)18)16(22)11-17(23)21(2)15-10-6-4-8-13(15)19/h3-10H,11H2,1-2H3. The third kappa shape index (κ3) is 4.43. The van der Waals surface area contributed by atoms with Gasteiger partial charge in [-0.3, -0.25) is 9.59 Å². The van der Waals surface area contributed by atoms with Crippen LogP contribution in [0.25, 0.3) is 0 Å². The number of hydrogen-bond donors (Lipinski definition) is 0. The first-order valence-corrected chi connectivity index (χ1v) is 9.09. The summed E-state index contributed by atoms with van der Waals surface area (Å²) in [5.74, 6) is -0.450. The molecule has 0 radical (unpaired) electrons. The molecule has 2 amide bonds. The van der Waals surface area contributed by atoms with E-state index in [2.05, 4.69) is 45.2 Å². The number of halogens is 2. The molecule has 0 fully saturated rings. The zero-order valence-electron chi connectivity index (χ0n) is 12.8. The van der Waals surface area contributed by atoms with E-state index in [1.165, 1.54) is 9.80 Å². The van der Waals surface area contributed by atoms with E-state index < -0.39 is 0 Å². The largest absolute Gasteiger partial charge is 0.314 e. The highest BCUT2D eigenvalue weighted by Crippen LogP contribution is 2.23. The van der Waals surface area contributed by atoms with E-state index in [-0.39, 0.29) is 18.2 Å². The molecular formula is C17H16I2N2O2. The van der Waals surface area contributed by atoms with Crippen LogP contribution in [0.3, 0.4) is 0 Å². The van der Waals surface area contributed by atoms with E-state index in [9.17, 15) is 9.59 Å². The molecule has 4 nitrogen and oxygen atoms in total. The predicted molar refractivity (Wildman–Crippen MR) is 110 cm³/mol. The van der Waals surface area contributed by atoms with Crippen molar-refractivity contribution in [3.63, 3.8) is 0 Å². The summed E-state index contributed by atoms with van der Waals surface area (Å²) in [5.41, 5.74) is 1.62. The van der Waals surface area contributed by atoms with Crippen molar-refractivity contribution in [1.29, 1.82) is 0 Å². The maximum absolute atomic E-state index is 12.4. The van der Waals surface area contributed by atoms with Gasteiger partial charge in [-0.25, -0.2) is 0 Å². The Bertz CT molecular complexity index is 673. The quantitative estimate of drug-likeness (QED) is 0.441. The molecule has 23 heavy (non-hydrogen) atoms. The van der Waals surface area contributed by atoms with Crippen LogP contribution in [0.15, 0.2) is 48.5 Å². The molecule has 0 aromatic heterocycles. The van der Waals surface area contributed by atoms with Gasteiger partial charge in [0.25, 0.3) is 0 Å². The summed E-state index contributed by atoms with van der Waals surface area (Å²) in [7, 11) is 3.39. The molecule has 0 saturated carbocycles. The number of hydrogen-bond acceptors (Lipinski definition) is 2. The fourth-order valence-corrected chi connectivity index (χ4v) is 3.58. The molecule has 0 aliphatic carbocycles. The molecule has 0 heterocycles. The molecule has 2 aromatic rings. The van der Waals surface area contributed by atoms with Crippen LogP contribution in [0.1, 0.15) is 6.42 Å². The Morgan fingerprint density at radius 1 is 0.783 bits per heavy atom. The molecule has 2 aromatic carbocycles. The summed E-state index contributed by atoms with van der Waals surface area (Å²) in [6, 6.07) is 15.2. The van der Waals surface area contributed by atoms with E-state index in [1.54, 1.807) is 14.1 Å². The van der Waals surface area contributed by atoms with Gasteiger partial charge >= 0.3 is 0 Å². The van der Waals surface area contributed by atoms with E-state index in [0.29, 0.717) is 0 Å². The smallest absolute Gasteiger partial charge is 0.236 e. The van der Waals surface area contributed by atoms with Crippen molar-refractivity contribution in [2.75, 3.05) is 23.9 Å². The monoisotopic (exact) mass is 534 g/mol. The van der Waals surface area contributed by atoms with E-state index in [0.717, 1.165) is 18.5 Å². The van der Waals surface area contributed by atoms with Crippen LogP contribution >= 0.6 is 45.2 Å². The molecular weight excluding hydrogens is 518 g/mol. The summed E-state index contributed by atoms with van der Waals surface area (Å²) >= 11 is 4.36. The SMILES string of the molecule is CN(C(=O)CC(=O)N(C)c1ccccc1I)c1ccccc1I. The first kappa shape index (κ1) is 18.2. The number of amides is 2. The molecule has 0 N–H and O–H groups in total. The Labute approximate surface area is 163 Å². The highest BCUT2D eigenvalue weighted by atomic mass is 127. The maximum atomic E-state index is 12.4. The molecule has 120 valence electrons. The summed E-state index contributed by atoms with van der Waals surface area (Å²) in [6.45, 7) is 0. The first-order chi connectivity index (χ1) is 10.9. The lowest BCUT2D eigenvalue weighted by Gasteiger charge is -2.22. The van der Waals surface area contributed by atoms with Gasteiger partial charge in [0.1, 0.15) is 6.42 Å². The van der Waals surface area contributed by atoms with Gasteiger partial charge in [0.2, 0.25) is 11.8 Å². The zero-order chi connectivity index (χ0) is 17.0. The second-order valence-electron chi connectivity index (χ2n) is 4.99. The minimum Gasteiger partial charge on any atom is -0.314 e. The Balaban J connectivity index is 2.09. The summed E-state index contributed by atoms with van der Waals surface area (Å²) in [6.07, 6.45) is -0.164. The molecule has 0 atom stereocenters. The fraction of sp³-hybridized carbons (Fsp3) is 0.176. The predicted octanol–water partition coefficient (Wildman–Crippen LogP) is 3.91. The molecule has 6 heteroatoms. The molecule has 2 rings (SSSR count). The van der Waals surface area contributed by atoms with Crippen molar-refractivity contribution >= 4 is 68.4 Å². The molecule has 0 bridgehead atoms. The van der Waals surface area contributed by atoms with E-state index in [4.69, 9.17) is 0 Å². The van der Waals surface area contributed by atoms with Gasteiger partial charge in [0.15, 0.2) is 0 Å². The molecule has 0 saturated heterocycles. The van der Waals surface area contributed by atoms with Gasteiger partial charge in [-0.1, -0.05) is 24.3 Å². The summed E-state index contributed by atoms with van der Waals surface area (Å²) < 4.78 is 1.94. The topological polar surface area (TPSA) is 40.6 Å². The molecule has 0 spiro atoms. The minimum absolute atomic E-state index is 0.164. The number of carbonyl (C=O) groups is 2. The number of nitrogens with zero attached hydrogens (tertiary/aromatic N) is 2. The fourth-order valence-electron chi connectivity index (χ4n) is 2.08. The number of carbonyl (C=O) groups excluding carboxylic acids is 2. The second-order valence-corrected chi connectivity index (χ2v) is 7.31. The minimum atomic E-state index is -0.225. The lowest BCUT2D eigenvalue weighted by molar-refractivity contribution is -0.126. The van der Waals surface area contributed by atoms with Gasteiger partial charge in [-0.2, -0.15) is 0 Å². The maximum Gasteiger partial charge on any atom is 0.236 e. The van der Waals surface area contributed by atoms with Crippen molar-refractivity contribution < 1.29 is 9.59 Å². The number of para-hydroxylation sites is 2. The van der Waals surface area contributed by atoms with Crippen LogP contribution in [0.4, 0.5) is 11.4 Å². The molecule has 0 aliphatic heterocycles. The lowest BCUT2D eigenvalue weighted by Crippen LogP contribution is -2.35. The molecule has 0 aliphatic rings. The third-order valence-electron chi connectivity index (χ3n) is 3.48. The van der Waals surface area contributed by atoms with Crippen LogP contribution in [0.2, 0.25) is 0 Å². The highest BCUT2D eigenvalue weighted by molar-refractivity contribution is 14.1. The van der Waals surface area contributed by atoms with Crippen LogP contribution < -0.4 is 9.80 Å². The number of rotatable bonds is 4. The number of benzene rings is 2. The normalized spacial score (nSPS) is 10.3. The van der Waals surface area contributed by atoms with Gasteiger partial charge in [0.05, 0.1) is 11.4 Å². The Kier molecular flexibility index (Phi) is 6.40. The average Bonchev–Trinajstić information content (AvgIpc) is 2.54. The second kappa shape index (κ2) is 8.09. The van der Waals surface area contributed by atoms with Crippen LogP contribution in [-0.2, 0) is 9.59 Å². The first-order valence-electron chi connectivity index (χ1n) is 6.94. The van der Waals surface area contributed by atoms with E-state index in [1.807, 2.05) is 48.5 Å². The highest BCUT2D eigenvalue weighted by Gasteiger charge is 2.21. The van der Waals surface area contributed by atoms with Crippen molar-refractivity contribution in [1.82, 2.24) is 0 Å². The zero-order valence-corrected chi connectivity index (χ0v) is 17.1. The molecule has 0 unspecified atom stereocenters. The van der Waals surface area contributed by atoms with Crippen LogP contribution in [0, 0.1) is 7.14 Å². The van der Waals surface area contributed by atoms with E-state index >= 15 is 0 Å². The average molecular weight is 534 g/mol. The van der Waals surface area contributed by atoms with Gasteiger partial charge in [-0.15, -0.1) is 0 Å². The van der Waals surface area contributed by atoms with Crippen LogP contribution in [-0.4, -0.2) is 25.9 Å². The summed E-state index contributed by atoms with van der Waals surface area (Å²) in [5, 5.41) is 0. The van der Waals surface area contributed by atoms with Gasteiger partial charge in [-0.05, 0) is 69.4 Å². The van der Waals surface area contributed by atoms with Crippen molar-refractivity contribution in [2.24, 2.45) is 0 Å². The number of anilines is 2.